The number of hydrogen-bond donors (Lipinski definition) is 0. The van der Waals surface area contributed by atoms with E-state index in [1.165, 1.54) is 55.6 Å². The summed E-state index contributed by atoms with van der Waals surface area (Å²) in [5, 5.41) is 0. The van der Waals surface area contributed by atoms with Crippen LogP contribution in [0.4, 0.5) is 34.1 Å². The molecule has 1 aromatic heterocycles. The van der Waals surface area contributed by atoms with E-state index in [9.17, 15) is 0 Å². The van der Waals surface area contributed by atoms with Gasteiger partial charge in [0.1, 0.15) is 0 Å². The molecule has 0 spiro atoms. The maximum Gasteiger partial charge on any atom is 0.252 e. The largest absolute Gasteiger partial charge is 0.311 e. The third-order valence-electron chi connectivity index (χ3n) is 10.3. The Bertz CT molecular complexity index is 2420. The molecule has 2 aliphatic rings. The van der Waals surface area contributed by atoms with Crippen molar-refractivity contribution in [3.63, 3.8) is 0 Å². The lowest BCUT2D eigenvalue weighted by molar-refractivity contribution is 1.06. The molecular weight excluding hydrogens is 607 g/mol. The Kier molecular flexibility index (Phi) is 6.99. The number of para-hydroxylation sites is 3. The second kappa shape index (κ2) is 11.6. The summed E-state index contributed by atoms with van der Waals surface area (Å²) in [5.41, 5.74) is 21.1. The Labute approximate surface area is 294 Å². The topological polar surface area (TPSA) is 32.3 Å². The average molecular weight is 645 g/mol. The van der Waals surface area contributed by atoms with Crippen LogP contribution in [0.2, 0.25) is 0 Å². The predicted molar refractivity (Wildman–Crippen MR) is 211 cm³/mol. The molecule has 6 aromatic carbocycles. The fourth-order valence-electron chi connectivity index (χ4n) is 8.47. The minimum absolute atomic E-state index is 0.0244. The number of aromatic nitrogens is 2. The average Bonchev–Trinajstić information content (AvgIpc) is 3.11. The molecule has 0 aliphatic carbocycles. The van der Waals surface area contributed by atoms with E-state index in [1.807, 2.05) is 13.1 Å². The van der Waals surface area contributed by atoms with Crippen LogP contribution < -0.4 is 26.2 Å². The summed E-state index contributed by atoms with van der Waals surface area (Å²) in [6.07, 6.45) is 1.88. The van der Waals surface area contributed by atoms with E-state index in [-0.39, 0.29) is 6.71 Å². The maximum absolute atomic E-state index is 4.96. The highest BCUT2D eigenvalue weighted by Gasteiger charge is 2.43. The molecule has 50 heavy (non-hydrogen) atoms. The first-order chi connectivity index (χ1) is 24.4. The third kappa shape index (κ3) is 4.68. The van der Waals surface area contributed by atoms with Gasteiger partial charge in [-0.15, -0.1) is 0 Å². The van der Waals surface area contributed by atoms with Crippen LogP contribution in [-0.2, 0) is 0 Å². The number of fused-ring (bicyclic) bond motifs is 4. The Morgan fingerprint density at radius 2 is 1.10 bits per heavy atom. The summed E-state index contributed by atoms with van der Waals surface area (Å²) in [6.45, 7) is 10.8. The standard InChI is InChI=1S/C45H37BN4/c1-28-22-29(2)43(30(3)23-28)33-20-21-40-38(24-33)46-37-18-12-13-19-39(37)49(35-14-8-6-9-15-35)41-25-34(45-32(5)48-31(4)27-47-45)26-42(44(41)46)50(40)36-16-10-7-11-17-36/h6-27H,1-5H3. The molecule has 0 unspecified atom stereocenters. The highest BCUT2D eigenvalue weighted by atomic mass is 15.2. The van der Waals surface area contributed by atoms with Crippen molar-refractivity contribution in [2.75, 3.05) is 9.80 Å². The summed E-state index contributed by atoms with van der Waals surface area (Å²) in [7, 11) is 0. The van der Waals surface area contributed by atoms with Gasteiger partial charge < -0.3 is 9.80 Å². The summed E-state index contributed by atoms with van der Waals surface area (Å²) in [5.74, 6) is 0. The van der Waals surface area contributed by atoms with Crippen LogP contribution in [0.25, 0.3) is 22.4 Å². The van der Waals surface area contributed by atoms with E-state index in [0.717, 1.165) is 45.4 Å². The highest BCUT2D eigenvalue weighted by molar-refractivity contribution is 7.00. The first kappa shape index (κ1) is 30.1. The minimum atomic E-state index is 0.0244. The van der Waals surface area contributed by atoms with Gasteiger partial charge in [-0.2, -0.15) is 0 Å². The fraction of sp³-hybridized carbons (Fsp3) is 0.111. The van der Waals surface area contributed by atoms with Crippen LogP contribution in [0.15, 0.2) is 134 Å². The number of aryl methyl sites for hydroxylation is 5. The van der Waals surface area contributed by atoms with E-state index in [2.05, 4.69) is 165 Å². The molecule has 0 bridgehead atoms. The fourth-order valence-corrected chi connectivity index (χ4v) is 8.47. The van der Waals surface area contributed by atoms with E-state index in [0.29, 0.717) is 0 Å². The van der Waals surface area contributed by atoms with Crippen molar-refractivity contribution in [3.8, 4) is 22.4 Å². The first-order valence-electron chi connectivity index (χ1n) is 17.4. The zero-order valence-electron chi connectivity index (χ0n) is 29.1. The lowest BCUT2D eigenvalue weighted by Crippen LogP contribution is -2.61. The summed E-state index contributed by atoms with van der Waals surface area (Å²) in [4.78, 5) is 14.7. The molecule has 0 saturated carbocycles. The summed E-state index contributed by atoms with van der Waals surface area (Å²) < 4.78 is 0. The third-order valence-corrected chi connectivity index (χ3v) is 10.3. The van der Waals surface area contributed by atoms with Gasteiger partial charge in [-0.05, 0) is 122 Å². The lowest BCUT2D eigenvalue weighted by atomic mass is 9.33. The smallest absolute Gasteiger partial charge is 0.252 e. The van der Waals surface area contributed by atoms with Gasteiger partial charge >= 0.3 is 0 Å². The van der Waals surface area contributed by atoms with E-state index in [4.69, 9.17) is 9.97 Å². The van der Waals surface area contributed by atoms with Gasteiger partial charge in [0, 0.05) is 45.9 Å². The van der Waals surface area contributed by atoms with Crippen molar-refractivity contribution in [1.82, 2.24) is 9.97 Å². The van der Waals surface area contributed by atoms with Crippen LogP contribution in [-0.4, -0.2) is 16.7 Å². The molecule has 2 aliphatic heterocycles. The van der Waals surface area contributed by atoms with Crippen LogP contribution in [0.5, 0.6) is 0 Å². The van der Waals surface area contributed by atoms with Gasteiger partial charge in [0.15, 0.2) is 0 Å². The SMILES string of the molecule is Cc1cc(C)c(-c2ccc3c(c2)B2c4ccccc4N(c4ccccc4)c4cc(-c5ncc(C)nc5C)cc(c42)N3c2ccccc2)c(C)c1. The molecule has 0 amide bonds. The maximum atomic E-state index is 4.96. The molecule has 0 radical (unpaired) electrons. The van der Waals surface area contributed by atoms with Gasteiger partial charge in [-0.3, -0.25) is 9.97 Å². The molecule has 0 fully saturated rings. The van der Waals surface area contributed by atoms with Crippen molar-refractivity contribution in [1.29, 1.82) is 0 Å². The van der Waals surface area contributed by atoms with Crippen molar-refractivity contribution in [3.05, 3.63) is 162 Å². The lowest BCUT2D eigenvalue weighted by Gasteiger charge is -2.44. The minimum Gasteiger partial charge on any atom is -0.311 e. The molecule has 240 valence electrons. The Hall–Kier alpha value is -5.94. The van der Waals surface area contributed by atoms with Gasteiger partial charge in [-0.25, -0.2) is 0 Å². The zero-order valence-corrected chi connectivity index (χ0v) is 29.1. The van der Waals surface area contributed by atoms with Gasteiger partial charge in [0.05, 0.1) is 17.1 Å². The van der Waals surface area contributed by atoms with Crippen LogP contribution >= 0.6 is 0 Å². The molecule has 0 atom stereocenters. The van der Waals surface area contributed by atoms with E-state index < -0.39 is 0 Å². The van der Waals surface area contributed by atoms with Crippen molar-refractivity contribution in [2.45, 2.75) is 34.6 Å². The Morgan fingerprint density at radius 3 is 1.72 bits per heavy atom. The molecule has 5 heteroatoms. The van der Waals surface area contributed by atoms with Crippen LogP contribution in [0, 0.1) is 34.6 Å². The summed E-state index contributed by atoms with van der Waals surface area (Å²) in [6, 6.07) is 46.9. The van der Waals surface area contributed by atoms with Crippen molar-refractivity contribution in [2.24, 2.45) is 0 Å². The number of anilines is 6. The highest BCUT2D eigenvalue weighted by Crippen LogP contribution is 2.46. The van der Waals surface area contributed by atoms with E-state index in [1.54, 1.807) is 0 Å². The second-order valence-electron chi connectivity index (χ2n) is 13.8. The predicted octanol–water partition coefficient (Wildman–Crippen LogP) is 9.44. The van der Waals surface area contributed by atoms with Crippen LogP contribution in [0.3, 0.4) is 0 Å². The molecule has 0 N–H and O–H groups in total. The first-order valence-corrected chi connectivity index (χ1v) is 17.4. The summed E-state index contributed by atoms with van der Waals surface area (Å²) >= 11 is 0. The molecular formula is C45H37BN4. The molecule has 9 rings (SSSR count). The van der Waals surface area contributed by atoms with E-state index >= 15 is 0 Å². The van der Waals surface area contributed by atoms with Crippen LogP contribution in [0.1, 0.15) is 28.1 Å². The molecule has 3 heterocycles. The van der Waals surface area contributed by atoms with Gasteiger partial charge in [0.2, 0.25) is 0 Å². The number of hydrogen-bond acceptors (Lipinski definition) is 4. The number of benzene rings is 6. The Balaban J connectivity index is 1.40. The van der Waals surface area contributed by atoms with Crippen molar-refractivity contribution < 1.29 is 0 Å². The zero-order chi connectivity index (χ0) is 34.1. The molecule has 7 aromatic rings. The number of rotatable bonds is 4. The van der Waals surface area contributed by atoms with Gasteiger partial charge in [-0.1, -0.05) is 84.4 Å². The normalized spacial score (nSPS) is 12.8. The second-order valence-corrected chi connectivity index (χ2v) is 13.8. The monoisotopic (exact) mass is 644 g/mol. The molecule has 0 saturated heterocycles. The Morgan fingerprint density at radius 1 is 0.520 bits per heavy atom. The number of nitrogens with zero attached hydrogens (tertiary/aromatic N) is 4. The quantitative estimate of drug-likeness (QED) is 0.179. The van der Waals surface area contributed by atoms with Gasteiger partial charge in [0.25, 0.3) is 6.71 Å². The molecule has 4 nitrogen and oxygen atoms in total. The van der Waals surface area contributed by atoms with Crippen molar-refractivity contribution >= 4 is 57.2 Å².